The summed E-state index contributed by atoms with van der Waals surface area (Å²) in [6, 6.07) is 20.3. The van der Waals surface area contributed by atoms with Gasteiger partial charge in [0.25, 0.3) is 5.91 Å². The smallest absolute Gasteiger partial charge is 0.253 e. The summed E-state index contributed by atoms with van der Waals surface area (Å²) in [6.45, 7) is 2.56. The van der Waals surface area contributed by atoms with E-state index in [-0.39, 0.29) is 5.91 Å². The molecule has 0 spiro atoms. The van der Waals surface area contributed by atoms with Gasteiger partial charge in [-0.3, -0.25) is 4.79 Å². The van der Waals surface area contributed by atoms with E-state index < -0.39 is 0 Å². The van der Waals surface area contributed by atoms with E-state index in [9.17, 15) is 4.79 Å². The van der Waals surface area contributed by atoms with Crippen molar-refractivity contribution in [3.63, 3.8) is 0 Å². The molecule has 1 saturated carbocycles. The van der Waals surface area contributed by atoms with E-state index in [1.165, 1.54) is 12.0 Å². The minimum absolute atomic E-state index is 0.0296. The van der Waals surface area contributed by atoms with Crippen molar-refractivity contribution in [2.45, 2.75) is 18.4 Å². The first-order chi connectivity index (χ1) is 12.2. The lowest BCUT2D eigenvalue weighted by molar-refractivity contribution is 0.0500. The van der Waals surface area contributed by atoms with E-state index in [0.29, 0.717) is 29.0 Å². The first-order valence-electron chi connectivity index (χ1n) is 8.82. The number of likely N-dealkylation sites (tertiary alicyclic amines) is 1. The van der Waals surface area contributed by atoms with Crippen molar-refractivity contribution >= 4 is 5.91 Å². The molecule has 126 valence electrons. The number of nitriles is 1. The van der Waals surface area contributed by atoms with Crippen LogP contribution in [0, 0.1) is 17.2 Å². The summed E-state index contributed by atoms with van der Waals surface area (Å²) in [4.78, 5) is 14.3. The van der Waals surface area contributed by atoms with Crippen LogP contribution in [-0.4, -0.2) is 36.5 Å². The molecule has 0 aromatic heterocycles. The minimum Gasteiger partial charge on any atom is -0.338 e. The van der Waals surface area contributed by atoms with Crippen LogP contribution in [0.2, 0.25) is 0 Å². The molecule has 1 amide bonds. The van der Waals surface area contributed by atoms with Crippen molar-refractivity contribution in [1.29, 1.82) is 5.26 Å². The number of rotatable bonds is 5. The zero-order valence-electron chi connectivity index (χ0n) is 14.1. The van der Waals surface area contributed by atoms with Crippen LogP contribution in [0.4, 0.5) is 0 Å². The van der Waals surface area contributed by atoms with E-state index in [1.54, 1.807) is 24.3 Å². The van der Waals surface area contributed by atoms with Crippen LogP contribution >= 0.6 is 0 Å². The highest BCUT2D eigenvalue weighted by Crippen LogP contribution is 2.40. The summed E-state index contributed by atoms with van der Waals surface area (Å²) >= 11 is 0. The van der Waals surface area contributed by atoms with Crippen LogP contribution in [0.1, 0.15) is 33.8 Å². The SMILES string of the molecule is N#Cc1cccc(C(=O)N2CC(CNC3CC3c3ccccc3)C2)c1. The molecule has 2 aromatic rings. The molecule has 2 aromatic carbocycles. The van der Waals surface area contributed by atoms with Crippen molar-refractivity contribution in [3.8, 4) is 6.07 Å². The van der Waals surface area contributed by atoms with E-state index in [0.717, 1.165) is 19.6 Å². The van der Waals surface area contributed by atoms with Crippen LogP contribution in [0.3, 0.4) is 0 Å². The lowest BCUT2D eigenvalue weighted by atomic mass is 9.98. The highest BCUT2D eigenvalue weighted by atomic mass is 16.2. The Hall–Kier alpha value is -2.64. The van der Waals surface area contributed by atoms with Crippen molar-refractivity contribution < 1.29 is 4.79 Å². The number of nitrogens with zero attached hydrogens (tertiary/aromatic N) is 2. The molecule has 4 nitrogen and oxygen atoms in total. The van der Waals surface area contributed by atoms with Gasteiger partial charge in [-0.05, 0) is 30.2 Å². The second kappa shape index (κ2) is 6.70. The molecule has 1 saturated heterocycles. The zero-order valence-corrected chi connectivity index (χ0v) is 14.1. The van der Waals surface area contributed by atoms with E-state index in [2.05, 4.69) is 41.7 Å². The van der Waals surface area contributed by atoms with E-state index in [4.69, 9.17) is 5.26 Å². The second-order valence-electron chi connectivity index (χ2n) is 7.04. The number of hydrogen-bond acceptors (Lipinski definition) is 3. The zero-order chi connectivity index (χ0) is 17.2. The standard InChI is InChI=1S/C21H21N3O/c22-11-15-5-4-8-18(9-15)21(25)24-13-16(14-24)12-23-20-10-19(20)17-6-2-1-3-7-17/h1-9,16,19-20,23H,10,12-14H2. The summed E-state index contributed by atoms with van der Waals surface area (Å²) in [6.07, 6.45) is 1.21. The highest BCUT2D eigenvalue weighted by Gasteiger charge is 2.39. The Morgan fingerprint density at radius 2 is 1.96 bits per heavy atom. The molecule has 2 fully saturated rings. The third kappa shape index (κ3) is 3.42. The van der Waals surface area contributed by atoms with E-state index >= 15 is 0 Å². The molecule has 1 aliphatic heterocycles. The fourth-order valence-corrected chi connectivity index (χ4v) is 3.58. The van der Waals surface area contributed by atoms with Crippen LogP contribution < -0.4 is 5.32 Å². The maximum Gasteiger partial charge on any atom is 0.253 e. The molecule has 2 aliphatic rings. The maximum absolute atomic E-state index is 12.4. The summed E-state index contributed by atoms with van der Waals surface area (Å²) in [5.41, 5.74) is 2.56. The minimum atomic E-state index is 0.0296. The Kier molecular flexibility index (Phi) is 4.25. The summed E-state index contributed by atoms with van der Waals surface area (Å²) in [5, 5.41) is 12.6. The van der Waals surface area contributed by atoms with Gasteiger partial charge in [0.2, 0.25) is 0 Å². The summed E-state index contributed by atoms with van der Waals surface area (Å²) < 4.78 is 0. The molecule has 2 atom stereocenters. The molecule has 4 heteroatoms. The molecule has 25 heavy (non-hydrogen) atoms. The van der Waals surface area contributed by atoms with Crippen molar-refractivity contribution in [2.24, 2.45) is 5.92 Å². The monoisotopic (exact) mass is 331 g/mol. The van der Waals surface area contributed by atoms with Gasteiger partial charge in [-0.25, -0.2) is 0 Å². The third-order valence-corrected chi connectivity index (χ3v) is 5.17. The number of amides is 1. The molecular formula is C21H21N3O. The summed E-state index contributed by atoms with van der Waals surface area (Å²) in [7, 11) is 0. The van der Waals surface area contributed by atoms with Gasteiger partial charge in [0.15, 0.2) is 0 Å². The topological polar surface area (TPSA) is 56.1 Å². The van der Waals surface area contributed by atoms with Crippen LogP contribution in [-0.2, 0) is 0 Å². The van der Waals surface area contributed by atoms with Crippen molar-refractivity contribution in [3.05, 3.63) is 71.3 Å². The van der Waals surface area contributed by atoms with Crippen LogP contribution in [0.15, 0.2) is 54.6 Å². The second-order valence-corrected chi connectivity index (χ2v) is 7.04. The van der Waals surface area contributed by atoms with Gasteiger partial charge in [0.05, 0.1) is 11.6 Å². The quantitative estimate of drug-likeness (QED) is 0.916. The van der Waals surface area contributed by atoms with Crippen LogP contribution in [0.5, 0.6) is 0 Å². The van der Waals surface area contributed by atoms with Crippen molar-refractivity contribution in [2.75, 3.05) is 19.6 Å². The molecule has 2 unspecified atom stereocenters. The Bertz CT molecular complexity index is 805. The fraction of sp³-hybridized carbons (Fsp3) is 0.333. The average Bonchev–Trinajstić information content (AvgIpc) is 3.40. The largest absolute Gasteiger partial charge is 0.338 e. The predicted octanol–water partition coefficient (Wildman–Crippen LogP) is 2.78. The molecular weight excluding hydrogens is 310 g/mol. The molecule has 0 bridgehead atoms. The van der Waals surface area contributed by atoms with Crippen molar-refractivity contribution in [1.82, 2.24) is 10.2 Å². The molecule has 4 rings (SSSR count). The number of carbonyl (C=O) groups excluding carboxylic acids is 1. The summed E-state index contributed by atoms with van der Waals surface area (Å²) in [5.74, 6) is 1.20. The molecule has 0 radical (unpaired) electrons. The normalized spacial score (nSPS) is 22.1. The lowest BCUT2D eigenvalue weighted by Crippen LogP contribution is -2.53. The Morgan fingerprint density at radius 1 is 1.16 bits per heavy atom. The first-order valence-corrected chi connectivity index (χ1v) is 8.82. The molecule has 1 aliphatic carbocycles. The van der Waals surface area contributed by atoms with Gasteiger partial charge < -0.3 is 10.2 Å². The number of benzene rings is 2. The number of nitrogens with one attached hydrogen (secondary N) is 1. The number of carbonyl (C=O) groups is 1. The van der Waals surface area contributed by atoms with Gasteiger partial charge in [-0.1, -0.05) is 36.4 Å². The van der Waals surface area contributed by atoms with Gasteiger partial charge >= 0.3 is 0 Å². The maximum atomic E-state index is 12.4. The fourth-order valence-electron chi connectivity index (χ4n) is 3.58. The van der Waals surface area contributed by atoms with Gasteiger partial charge in [-0.2, -0.15) is 5.26 Å². The Morgan fingerprint density at radius 3 is 2.72 bits per heavy atom. The van der Waals surface area contributed by atoms with Gasteiger partial charge in [0, 0.05) is 43.1 Å². The third-order valence-electron chi connectivity index (χ3n) is 5.17. The van der Waals surface area contributed by atoms with Gasteiger partial charge in [0.1, 0.15) is 0 Å². The predicted molar refractivity (Wildman–Crippen MR) is 96.1 cm³/mol. The molecule has 1 heterocycles. The highest BCUT2D eigenvalue weighted by molar-refractivity contribution is 5.95. The lowest BCUT2D eigenvalue weighted by Gasteiger charge is -2.39. The van der Waals surface area contributed by atoms with Crippen LogP contribution in [0.25, 0.3) is 0 Å². The van der Waals surface area contributed by atoms with Gasteiger partial charge in [-0.15, -0.1) is 0 Å². The average molecular weight is 331 g/mol. The van der Waals surface area contributed by atoms with E-state index in [1.807, 2.05) is 4.90 Å². The number of hydrogen-bond donors (Lipinski definition) is 1. The molecule has 1 N–H and O–H groups in total. The Balaban J connectivity index is 1.22. The Labute approximate surface area is 148 Å². The first kappa shape index (κ1) is 15.9.